The molecule has 2 aromatic rings. The zero-order valence-electron chi connectivity index (χ0n) is 11.8. The van der Waals surface area contributed by atoms with Crippen molar-refractivity contribution in [3.8, 4) is 0 Å². The normalized spacial score (nSPS) is 11.3. The highest BCUT2D eigenvalue weighted by Gasteiger charge is 2.27. The minimum atomic E-state index is -4.41. The Balaban J connectivity index is 1.73. The number of amides is 1. The van der Waals surface area contributed by atoms with E-state index in [1.165, 1.54) is 11.3 Å². The van der Waals surface area contributed by atoms with E-state index >= 15 is 0 Å². The molecule has 0 aliphatic rings. The highest BCUT2D eigenvalue weighted by molar-refractivity contribution is 8.01. The standard InChI is InChI=1S/C13H13F3N4OS2/c14-13(15,16)8-18-10(21)7-22-12-20-19-11(23-12)17-6-9-4-2-1-3-5-9/h1-5H,6-8H2,(H,17,19)(H,18,21). The van der Waals surface area contributed by atoms with Crippen molar-refractivity contribution in [2.45, 2.75) is 17.1 Å². The molecule has 1 amide bonds. The van der Waals surface area contributed by atoms with Crippen LogP contribution in [0.15, 0.2) is 34.7 Å². The van der Waals surface area contributed by atoms with Gasteiger partial charge in [-0.15, -0.1) is 10.2 Å². The van der Waals surface area contributed by atoms with E-state index in [-0.39, 0.29) is 5.75 Å². The van der Waals surface area contributed by atoms with Gasteiger partial charge in [0.25, 0.3) is 0 Å². The lowest BCUT2D eigenvalue weighted by atomic mass is 10.2. The second-order valence-corrected chi connectivity index (χ2v) is 6.59. The van der Waals surface area contributed by atoms with Crippen molar-refractivity contribution in [1.29, 1.82) is 0 Å². The second kappa shape index (κ2) is 8.16. The van der Waals surface area contributed by atoms with Crippen molar-refractivity contribution in [2.24, 2.45) is 0 Å². The van der Waals surface area contributed by atoms with Crippen LogP contribution < -0.4 is 10.6 Å². The molecule has 0 saturated heterocycles. The van der Waals surface area contributed by atoms with Crippen molar-refractivity contribution >= 4 is 34.1 Å². The van der Waals surface area contributed by atoms with Gasteiger partial charge in [-0.2, -0.15) is 13.2 Å². The van der Waals surface area contributed by atoms with E-state index in [1.54, 1.807) is 5.32 Å². The number of halogens is 3. The molecule has 0 radical (unpaired) electrons. The molecule has 0 fully saturated rings. The molecule has 0 aliphatic heterocycles. The van der Waals surface area contributed by atoms with Crippen LogP contribution in [-0.2, 0) is 11.3 Å². The Hall–Kier alpha value is -1.81. The fourth-order valence-electron chi connectivity index (χ4n) is 1.49. The Labute approximate surface area is 138 Å². The first-order valence-corrected chi connectivity index (χ1v) is 8.30. The third-order valence-corrected chi connectivity index (χ3v) is 4.52. The molecule has 1 aromatic heterocycles. The summed E-state index contributed by atoms with van der Waals surface area (Å²) in [5.41, 5.74) is 1.09. The highest BCUT2D eigenvalue weighted by Crippen LogP contribution is 2.25. The van der Waals surface area contributed by atoms with Crippen LogP contribution >= 0.6 is 23.1 Å². The zero-order valence-corrected chi connectivity index (χ0v) is 13.4. The van der Waals surface area contributed by atoms with Gasteiger partial charge in [0.1, 0.15) is 6.54 Å². The summed E-state index contributed by atoms with van der Waals surface area (Å²) in [4.78, 5) is 11.3. The number of nitrogens with zero attached hydrogens (tertiary/aromatic N) is 2. The predicted molar refractivity (Wildman–Crippen MR) is 83.5 cm³/mol. The molecule has 0 saturated carbocycles. The molecule has 0 bridgehead atoms. The van der Waals surface area contributed by atoms with Gasteiger partial charge in [0.05, 0.1) is 5.75 Å². The number of alkyl halides is 3. The number of benzene rings is 1. The van der Waals surface area contributed by atoms with Crippen LogP contribution in [0.4, 0.5) is 18.3 Å². The molecule has 5 nitrogen and oxygen atoms in total. The van der Waals surface area contributed by atoms with Crippen LogP contribution in [0, 0.1) is 0 Å². The summed E-state index contributed by atoms with van der Waals surface area (Å²) in [6.07, 6.45) is -4.41. The SMILES string of the molecule is O=C(CSc1nnc(NCc2ccccc2)s1)NCC(F)(F)F. The van der Waals surface area contributed by atoms with Crippen molar-refractivity contribution in [3.05, 3.63) is 35.9 Å². The molecule has 10 heteroatoms. The number of hydrogen-bond donors (Lipinski definition) is 2. The maximum Gasteiger partial charge on any atom is 0.405 e. The van der Waals surface area contributed by atoms with Crippen LogP contribution in [0.2, 0.25) is 0 Å². The molecule has 2 N–H and O–H groups in total. The zero-order chi connectivity index (χ0) is 16.7. The third-order valence-electron chi connectivity index (χ3n) is 2.51. The number of thioether (sulfide) groups is 1. The van der Waals surface area contributed by atoms with Crippen molar-refractivity contribution in [3.63, 3.8) is 0 Å². The Morgan fingerprint density at radius 1 is 1.22 bits per heavy atom. The first kappa shape index (κ1) is 17.5. The monoisotopic (exact) mass is 362 g/mol. The van der Waals surface area contributed by atoms with Gasteiger partial charge in [0.15, 0.2) is 4.34 Å². The van der Waals surface area contributed by atoms with E-state index in [0.29, 0.717) is 16.0 Å². The largest absolute Gasteiger partial charge is 0.405 e. The molecule has 124 valence electrons. The number of rotatable bonds is 7. The van der Waals surface area contributed by atoms with E-state index in [0.717, 1.165) is 17.3 Å². The van der Waals surface area contributed by atoms with Gasteiger partial charge >= 0.3 is 6.18 Å². The van der Waals surface area contributed by atoms with E-state index in [1.807, 2.05) is 30.3 Å². The summed E-state index contributed by atoms with van der Waals surface area (Å²) in [6, 6.07) is 9.71. The smallest absolute Gasteiger partial charge is 0.356 e. The van der Waals surface area contributed by atoms with Crippen LogP contribution in [0.25, 0.3) is 0 Å². The Morgan fingerprint density at radius 2 is 1.96 bits per heavy atom. The molecule has 0 spiro atoms. The summed E-state index contributed by atoms with van der Waals surface area (Å²) in [5.74, 6) is -0.829. The maximum absolute atomic E-state index is 12.0. The topological polar surface area (TPSA) is 66.9 Å². The van der Waals surface area contributed by atoms with Gasteiger partial charge in [-0.1, -0.05) is 53.4 Å². The van der Waals surface area contributed by atoms with Crippen LogP contribution in [0.1, 0.15) is 5.56 Å². The summed E-state index contributed by atoms with van der Waals surface area (Å²) in [5, 5.41) is 13.3. The lowest BCUT2D eigenvalue weighted by molar-refractivity contribution is -0.136. The molecule has 0 atom stereocenters. The van der Waals surface area contributed by atoms with Gasteiger partial charge in [-0.3, -0.25) is 4.79 Å². The molecular weight excluding hydrogens is 349 g/mol. The second-order valence-electron chi connectivity index (χ2n) is 4.39. The fourth-order valence-corrected chi connectivity index (χ4v) is 3.07. The average Bonchev–Trinajstić information content (AvgIpc) is 2.97. The summed E-state index contributed by atoms with van der Waals surface area (Å²) in [7, 11) is 0. The van der Waals surface area contributed by atoms with E-state index in [4.69, 9.17) is 0 Å². The number of aromatic nitrogens is 2. The van der Waals surface area contributed by atoms with Crippen molar-refractivity contribution in [1.82, 2.24) is 15.5 Å². The third kappa shape index (κ3) is 6.87. The summed E-state index contributed by atoms with van der Waals surface area (Å²) >= 11 is 2.29. The molecular formula is C13H13F3N4OS2. The van der Waals surface area contributed by atoms with Gasteiger partial charge in [0, 0.05) is 6.54 Å². The van der Waals surface area contributed by atoms with Crippen LogP contribution in [0.5, 0.6) is 0 Å². The average molecular weight is 362 g/mol. The first-order valence-electron chi connectivity index (χ1n) is 6.50. The molecule has 1 aromatic carbocycles. The Morgan fingerprint density at radius 3 is 2.65 bits per heavy atom. The predicted octanol–water partition coefficient (Wildman–Crippen LogP) is 2.92. The molecule has 0 aliphatic carbocycles. The minimum Gasteiger partial charge on any atom is -0.356 e. The van der Waals surface area contributed by atoms with E-state index < -0.39 is 18.6 Å². The Kier molecular flexibility index (Phi) is 6.22. The molecule has 2 rings (SSSR count). The molecule has 1 heterocycles. The summed E-state index contributed by atoms with van der Waals surface area (Å²) < 4.78 is 36.4. The number of hydrogen-bond acceptors (Lipinski definition) is 6. The van der Waals surface area contributed by atoms with Gasteiger partial charge in [-0.25, -0.2) is 0 Å². The minimum absolute atomic E-state index is 0.136. The van der Waals surface area contributed by atoms with Gasteiger partial charge in [0.2, 0.25) is 11.0 Å². The van der Waals surface area contributed by atoms with Crippen molar-refractivity contribution < 1.29 is 18.0 Å². The molecule has 23 heavy (non-hydrogen) atoms. The van der Waals surface area contributed by atoms with E-state index in [9.17, 15) is 18.0 Å². The van der Waals surface area contributed by atoms with Crippen molar-refractivity contribution in [2.75, 3.05) is 17.6 Å². The Bertz CT molecular complexity index is 634. The van der Waals surface area contributed by atoms with Crippen LogP contribution in [-0.4, -0.2) is 34.6 Å². The highest BCUT2D eigenvalue weighted by atomic mass is 32.2. The maximum atomic E-state index is 12.0. The lowest BCUT2D eigenvalue weighted by Gasteiger charge is -2.07. The number of nitrogens with one attached hydrogen (secondary N) is 2. The number of anilines is 1. The summed E-state index contributed by atoms with van der Waals surface area (Å²) in [6.45, 7) is -0.737. The quantitative estimate of drug-likeness (QED) is 0.742. The number of carbonyl (C=O) groups excluding carboxylic acids is 1. The number of carbonyl (C=O) groups is 1. The van der Waals surface area contributed by atoms with E-state index in [2.05, 4.69) is 15.5 Å². The lowest BCUT2D eigenvalue weighted by Crippen LogP contribution is -2.34. The molecule has 0 unspecified atom stereocenters. The van der Waals surface area contributed by atoms with Gasteiger partial charge < -0.3 is 10.6 Å². The first-order chi connectivity index (χ1) is 10.9. The van der Waals surface area contributed by atoms with Crippen LogP contribution in [0.3, 0.4) is 0 Å². The fraction of sp³-hybridized carbons (Fsp3) is 0.308. The van der Waals surface area contributed by atoms with Gasteiger partial charge in [-0.05, 0) is 5.56 Å².